The van der Waals surface area contributed by atoms with Gasteiger partial charge in [0.2, 0.25) is 5.75 Å². The van der Waals surface area contributed by atoms with E-state index >= 15 is 0 Å². The van der Waals surface area contributed by atoms with E-state index in [1.807, 2.05) is 0 Å². The number of carbonyl (C=O) groups is 1. The number of carboxylic acid groups (broad SMARTS) is 1. The molecule has 0 bridgehead atoms. The van der Waals surface area contributed by atoms with E-state index < -0.39 is 34.5 Å². The molecule has 0 fully saturated rings. The fourth-order valence-corrected chi connectivity index (χ4v) is 1.32. The van der Waals surface area contributed by atoms with Crippen LogP contribution < -0.4 is 4.74 Å². The third-order valence-corrected chi connectivity index (χ3v) is 1.89. The number of halogens is 3. The van der Waals surface area contributed by atoms with Crippen LogP contribution in [0.4, 0.5) is 14.5 Å². The van der Waals surface area contributed by atoms with Crippen LogP contribution in [0.1, 0.15) is 10.4 Å². The number of hydrogen-bond acceptors (Lipinski definition) is 4. The Kier molecular flexibility index (Phi) is 3.79. The lowest BCUT2D eigenvalue weighted by atomic mass is 10.1. The molecular formula is C8H4ClF2NO5. The van der Waals surface area contributed by atoms with E-state index in [0.29, 0.717) is 0 Å². The first-order valence-corrected chi connectivity index (χ1v) is 4.36. The van der Waals surface area contributed by atoms with Crippen LogP contribution in [0.2, 0.25) is 5.02 Å². The summed E-state index contributed by atoms with van der Waals surface area (Å²) in [6.45, 7) is -3.33. The zero-order chi connectivity index (χ0) is 13.2. The van der Waals surface area contributed by atoms with Gasteiger partial charge in [-0.3, -0.25) is 10.1 Å². The molecule has 0 radical (unpaired) electrons. The quantitative estimate of drug-likeness (QED) is 0.669. The molecule has 0 aromatic heterocycles. The van der Waals surface area contributed by atoms with E-state index in [-0.39, 0.29) is 5.02 Å². The summed E-state index contributed by atoms with van der Waals surface area (Å²) < 4.78 is 27.8. The standard InChI is InChI=1S/C8H4ClF2NO5/c9-3-1-4(7(13)14)6(12(15)16)5(2-3)17-8(10)11/h1-2,8H,(H,13,14). The number of ether oxygens (including phenoxy) is 1. The number of hydrogen-bond donors (Lipinski definition) is 1. The molecule has 0 heterocycles. The second-order valence-corrected chi connectivity index (χ2v) is 3.18. The normalized spacial score (nSPS) is 10.4. The first-order chi connectivity index (χ1) is 7.82. The fraction of sp³-hybridized carbons (Fsp3) is 0.125. The first-order valence-electron chi connectivity index (χ1n) is 3.99. The molecule has 0 atom stereocenters. The van der Waals surface area contributed by atoms with Crippen LogP contribution >= 0.6 is 11.6 Å². The van der Waals surface area contributed by atoms with Crippen molar-refractivity contribution < 1.29 is 28.3 Å². The monoisotopic (exact) mass is 267 g/mol. The Morgan fingerprint density at radius 3 is 2.53 bits per heavy atom. The van der Waals surface area contributed by atoms with Crippen molar-refractivity contribution in [3.05, 3.63) is 32.8 Å². The second kappa shape index (κ2) is 4.91. The molecule has 0 aliphatic carbocycles. The highest BCUT2D eigenvalue weighted by Gasteiger charge is 2.28. The van der Waals surface area contributed by atoms with Gasteiger partial charge in [0.05, 0.1) is 4.92 Å². The van der Waals surface area contributed by atoms with Crippen molar-refractivity contribution in [2.75, 3.05) is 0 Å². The largest absolute Gasteiger partial charge is 0.477 e. The predicted molar refractivity (Wildman–Crippen MR) is 51.7 cm³/mol. The molecule has 0 saturated carbocycles. The number of alkyl halides is 2. The molecule has 9 heteroatoms. The molecule has 0 spiro atoms. The molecule has 0 amide bonds. The van der Waals surface area contributed by atoms with Gasteiger partial charge < -0.3 is 9.84 Å². The summed E-state index contributed by atoms with van der Waals surface area (Å²) in [5.74, 6) is -2.56. The van der Waals surface area contributed by atoms with Gasteiger partial charge in [-0.05, 0) is 6.07 Å². The maximum Gasteiger partial charge on any atom is 0.387 e. The Bertz CT molecular complexity index is 479. The Balaban J connectivity index is 3.46. The molecule has 92 valence electrons. The summed E-state index contributed by atoms with van der Waals surface area (Å²) in [6.07, 6.45) is 0. The number of nitro benzene ring substituents is 1. The van der Waals surface area contributed by atoms with Gasteiger partial charge in [0.15, 0.2) is 0 Å². The van der Waals surface area contributed by atoms with Gasteiger partial charge in [0.1, 0.15) is 5.56 Å². The van der Waals surface area contributed by atoms with Gasteiger partial charge in [0.25, 0.3) is 0 Å². The summed E-state index contributed by atoms with van der Waals surface area (Å²) in [4.78, 5) is 20.2. The third-order valence-electron chi connectivity index (χ3n) is 1.67. The van der Waals surface area contributed by atoms with Crippen molar-refractivity contribution in [3.8, 4) is 5.75 Å². The van der Waals surface area contributed by atoms with Gasteiger partial charge in [-0.15, -0.1) is 0 Å². The molecule has 6 nitrogen and oxygen atoms in total. The Hall–Kier alpha value is -1.96. The van der Waals surface area contributed by atoms with Crippen LogP contribution in [-0.4, -0.2) is 22.6 Å². The smallest absolute Gasteiger partial charge is 0.387 e. The summed E-state index contributed by atoms with van der Waals surface area (Å²) in [5, 5.41) is 19.0. The van der Waals surface area contributed by atoms with Crippen molar-refractivity contribution in [1.82, 2.24) is 0 Å². The lowest BCUT2D eigenvalue weighted by Gasteiger charge is -2.07. The average Bonchev–Trinajstić information content (AvgIpc) is 2.14. The number of aromatic carboxylic acids is 1. The second-order valence-electron chi connectivity index (χ2n) is 2.74. The van der Waals surface area contributed by atoms with E-state index in [1.165, 1.54) is 0 Å². The molecule has 0 aliphatic rings. The number of benzene rings is 1. The molecule has 1 aromatic rings. The van der Waals surface area contributed by atoms with E-state index in [2.05, 4.69) is 4.74 Å². The number of nitrogens with zero attached hydrogens (tertiary/aromatic N) is 1. The number of rotatable bonds is 4. The zero-order valence-electron chi connectivity index (χ0n) is 7.89. The van der Waals surface area contributed by atoms with Crippen molar-refractivity contribution in [2.24, 2.45) is 0 Å². The summed E-state index contributed by atoms with van der Waals surface area (Å²) in [6, 6.07) is 1.53. The van der Waals surface area contributed by atoms with Gasteiger partial charge in [-0.2, -0.15) is 8.78 Å². The van der Waals surface area contributed by atoms with Gasteiger partial charge in [-0.1, -0.05) is 11.6 Å². The average molecular weight is 268 g/mol. The van der Waals surface area contributed by atoms with E-state index in [9.17, 15) is 23.7 Å². The van der Waals surface area contributed by atoms with Crippen LogP contribution in [-0.2, 0) is 0 Å². The van der Waals surface area contributed by atoms with E-state index in [0.717, 1.165) is 12.1 Å². The first kappa shape index (κ1) is 13.1. The van der Waals surface area contributed by atoms with E-state index in [4.69, 9.17) is 16.7 Å². The van der Waals surface area contributed by atoms with E-state index in [1.54, 1.807) is 0 Å². The Morgan fingerprint density at radius 2 is 2.12 bits per heavy atom. The zero-order valence-corrected chi connectivity index (χ0v) is 8.65. The third kappa shape index (κ3) is 3.00. The molecular weight excluding hydrogens is 264 g/mol. The highest BCUT2D eigenvalue weighted by molar-refractivity contribution is 6.31. The maximum atomic E-state index is 12.0. The van der Waals surface area contributed by atoms with Gasteiger partial charge in [0, 0.05) is 11.1 Å². The van der Waals surface area contributed by atoms with Crippen molar-refractivity contribution in [2.45, 2.75) is 6.61 Å². The predicted octanol–water partition coefficient (Wildman–Crippen LogP) is 2.55. The number of carboxylic acids is 1. The highest BCUT2D eigenvalue weighted by Crippen LogP contribution is 2.35. The molecule has 1 N–H and O–H groups in total. The van der Waals surface area contributed by atoms with Crippen molar-refractivity contribution >= 4 is 23.3 Å². The summed E-state index contributed by atoms with van der Waals surface area (Å²) in [5.41, 5.74) is -1.89. The van der Waals surface area contributed by atoms with Crippen LogP contribution in [0.3, 0.4) is 0 Å². The van der Waals surface area contributed by atoms with Gasteiger partial charge >= 0.3 is 18.3 Å². The number of nitro groups is 1. The van der Waals surface area contributed by atoms with Crippen LogP contribution in [0.15, 0.2) is 12.1 Å². The van der Waals surface area contributed by atoms with Crippen molar-refractivity contribution in [3.63, 3.8) is 0 Å². The molecule has 0 unspecified atom stereocenters. The van der Waals surface area contributed by atoms with Crippen LogP contribution in [0.25, 0.3) is 0 Å². The fourth-order valence-electron chi connectivity index (χ4n) is 1.11. The van der Waals surface area contributed by atoms with Gasteiger partial charge in [-0.25, -0.2) is 4.79 Å². The minimum Gasteiger partial charge on any atom is -0.477 e. The Labute approximate surface area is 97.5 Å². The lowest BCUT2D eigenvalue weighted by molar-refractivity contribution is -0.386. The molecule has 1 rings (SSSR count). The van der Waals surface area contributed by atoms with Crippen molar-refractivity contribution in [1.29, 1.82) is 0 Å². The molecule has 1 aromatic carbocycles. The topological polar surface area (TPSA) is 89.7 Å². The highest BCUT2D eigenvalue weighted by atomic mass is 35.5. The van der Waals surface area contributed by atoms with Crippen LogP contribution in [0, 0.1) is 10.1 Å². The summed E-state index contributed by atoms with van der Waals surface area (Å²) >= 11 is 5.44. The minimum atomic E-state index is -3.33. The summed E-state index contributed by atoms with van der Waals surface area (Å²) in [7, 11) is 0. The molecule has 17 heavy (non-hydrogen) atoms. The maximum absolute atomic E-state index is 12.0. The van der Waals surface area contributed by atoms with Crippen LogP contribution in [0.5, 0.6) is 5.75 Å². The minimum absolute atomic E-state index is 0.261. The SMILES string of the molecule is O=C(O)c1cc(Cl)cc(OC(F)F)c1[N+](=O)[O-]. The molecule has 0 aliphatic heterocycles. The Morgan fingerprint density at radius 1 is 1.53 bits per heavy atom. The molecule has 0 saturated heterocycles. The lowest BCUT2D eigenvalue weighted by Crippen LogP contribution is -2.09.